The number of carbonyl (C=O) groups is 1. The maximum Gasteiger partial charge on any atom is 0.270 e. The van der Waals surface area contributed by atoms with E-state index in [1.807, 2.05) is 30.5 Å². The largest absolute Gasteiger partial charge is 0.361 e. The van der Waals surface area contributed by atoms with Crippen LogP contribution in [0.3, 0.4) is 0 Å². The number of amidine groups is 1. The predicted molar refractivity (Wildman–Crippen MR) is 108 cm³/mol. The third-order valence-corrected chi connectivity index (χ3v) is 4.72. The monoisotopic (exact) mass is 378 g/mol. The number of hydrazine groups is 1. The number of anilines is 1. The van der Waals surface area contributed by atoms with Crippen molar-refractivity contribution in [3.05, 3.63) is 66.1 Å². The summed E-state index contributed by atoms with van der Waals surface area (Å²) in [6, 6.07) is 12.9. The summed E-state index contributed by atoms with van der Waals surface area (Å²) in [4.78, 5) is 20.8. The Labute approximate surface area is 160 Å². The lowest BCUT2D eigenvalue weighted by atomic mass is 10.0. The van der Waals surface area contributed by atoms with Crippen LogP contribution in [0.1, 0.15) is 12.5 Å². The number of halogens is 1. The molecule has 1 aromatic heterocycles. The molecular weight excluding hydrogens is 359 g/mol. The van der Waals surface area contributed by atoms with Crippen LogP contribution >= 0.6 is 0 Å². The molecule has 2 heterocycles. The van der Waals surface area contributed by atoms with Gasteiger partial charge in [0, 0.05) is 23.5 Å². The van der Waals surface area contributed by atoms with E-state index in [0.717, 1.165) is 16.5 Å². The molecule has 28 heavy (non-hydrogen) atoms. The van der Waals surface area contributed by atoms with Gasteiger partial charge in [0.25, 0.3) is 5.91 Å². The van der Waals surface area contributed by atoms with Gasteiger partial charge in [0.2, 0.25) is 0 Å². The average molecular weight is 378 g/mol. The number of hydrogen-bond donors (Lipinski definition) is 3. The number of hydrogen-bond acceptors (Lipinski definition) is 5. The Kier molecular flexibility index (Phi) is 4.52. The first kappa shape index (κ1) is 17.7. The van der Waals surface area contributed by atoms with E-state index in [-0.39, 0.29) is 11.7 Å². The fourth-order valence-electron chi connectivity index (χ4n) is 3.21. The smallest absolute Gasteiger partial charge is 0.270 e. The molecule has 0 bridgehead atoms. The van der Waals surface area contributed by atoms with Crippen LogP contribution in [-0.2, 0) is 11.2 Å². The Balaban J connectivity index is 1.71. The number of nitrogens with zero attached hydrogens (tertiary/aromatic N) is 3. The molecule has 0 saturated heterocycles. The normalized spacial score (nSPS) is 17.6. The number of carbonyl (C=O) groups excluding carboxylic acids is 1. The van der Waals surface area contributed by atoms with Crippen molar-refractivity contribution in [3.63, 3.8) is 0 Å². The van der Waals surface area contributed by atoms with Crippen LogP contribution in [0.2, 0.25) is 0 Å². The van der Waals surface area contributed by atoms with E-state index in [9.17, 15) is 9.18 Å². The van der Waals surface area contributed by atoms with Gasteiger partial charge in [0.05, 0.1) is 5.69 Å². The van der Waals surface area contributed by atoms with Crippen LogP contribution in [0.15, 0.2) is 64.8 Å². The molecule has 0 saturated carbocycles. The van der Waals surface area contributed by atoms with Gasteiger partial charge in [-0.05, 0) is 42.8 Å². The molecule has 0 aliphatic carbocycles. The molecule has 8 heteroatoms. The minimum Gasteiger partial charge on any atom is -0.361 e. The summed E-state index contributed by atoms with van der Waals surface area (Å²) in [5.74, 6) is 5.18. The number of amides is 1. The number of aromatic amines is 1. The summed E-state index contributed by atoms with van der Waals surface area (Å²) in [7, 11) is 0. The van der Waals surface area contributed by atoms with E-state index in [1.54, 1.807) is 6.92 Å². The second kappa shape index (κ2) is 7.15. The van der Waals surface area contributed by atoms with Crippen molar-refractivity contribution in [2.75, 3.05) is 5.01 Å². The summed E-state index contributed by atoms with van der Waals surface area (Å²) in [5, 5.41) is 6.08. The number of hydrazone groups is 1. The number of nitrogens with two attached hydrogens (primary N) is 1. The van der Waals surface area contributed by atoms with Crippen molar-refractivity contribution in [2.24, 2.45) is 15.9 Å². The topological polar surface area (TPSA) is 98.9 Å². The Morgan fingerprint density at radius 2 is 2.00 bits per heavy atom. The number of H-pyrrole nitrogens is 1. The zero-order valence-corrected chi connectivity index (χ0v) is 15.2. The molecule has 4 N–H and O–H groups in total. The molecule has 3 aromatic rings. The quantitative estimate of drug-likeness (QED) is 0.369. The van der Waals surface area contributed by atoms with Crippen LogP contribution in [0.5, 0.6) is 0 Å². The fraction of sp³-hybridized carbons (Fsp3) is 0.150. The first-order valence-electron chi connectivity index (χ1n) is 8.80. The summed E-state index contributed by atoms with van der Waals surface area (Å²) in [6.45, 7) is 1.70. The molecule has 1 unspecified atom stereocenters. The lowest BCUT2D eigenvalue weighted by Crippen LogP contribution is -2.57. The number of aromatic nitrogens is 1. The second-order valence-corrected chi connectivity index (χ2v) is 6.53. The number of aliphatic imine (C=N–C) groups is 1. The van der Waals surface area contributed by atoms with Gasteiger partial charge in [-0.2, -0.15) is 5.10 Å². The highest BCUT2D eigenvalue weighted by Gasteiger charge is 2.32. The maximum absolute atomic E-state index is 13.3. The zero-order valence-electron chi connectivity index (χ0n) is 15.2. The van der Waals surface area contributed by atoms with Gasteiger partial charge in [0.15, 0.2) is 5.84 Å². The third-order valence-electron chi connectivity index (χ3n) is 4.72. The lowest BCUT2D eigenvalue weighted by Gasteiger charge is -2.32. The van der Waals surface area contributed by atoms with E-state index in [1.165, 1.54) is 29.3 Å². The number of fused-ring (bicyclic) bond motifs is 1. The molecule has 0 fully saturated rings. The van der Waals surface area contributed by atoms with E-state index < -0.39 is 6.04 Å². The Morgan fingerprint density at radius 3 is 2.75 bits per heavy atom. The van der Waals surface area contributed by atoms with Crippen molar-refractivity contribution in [3.8, 4) is 0 Å². The van der Waals surface area contributed by atoms with E-state index in [0.29, 0.717) is 23.7 Å². The summed E-state index contributed by atoms with van der Waals surface area (Å²) >= 11 is 0. The number of rotatable bonds is 4. The molecule has 1 amide bonds. The average Bonchev–Trinajstić information content (AvgIpc) is 3.12. The number of nitrogens with one attached hydrogen (secondary N) is 2. The molecule has 4 rings (SSSR count). The highest BCUT2D eigenvalue weighted by atomic mass is 19.1. The molecule has 1 aliphatic rings. The SMILES string of the molecule is C/C(=N\N)C1=NC(Cc2c[nH]c3ccccc23)C(=O)N(c2ccc(F)cc2)N1. The van der Waals surface area contributed by atoms with Gasteiger partial charge >= 0.3 is 0 Å². The standard InChI is InChI=1S/C20H19FN6O/c1-12(25-22)19-24-18(10-13-11-23-17-5-3-2-4-16(13)17)20(28)27(26-19)15-8-6-14(21)7-9-15/h2-9,11,18,23H,10,22H2,1H3,(H,24,26)/b25-12+. The molecule has 1 atom stereocenters. The van der Waals surface area contributed by atoms with E-state index >= 15 is 0 Å². The summed E-state index contributed by atoms with van der Waals surface area (Å²) < 4.78 is 13.3. The van der Waals surface area contributed by atoms with Crippen molar-refractivity contribution in [1.29, 1.82) is 0 Å². The molecule has 0 spiro atoms. The number of para-hydroxylation sites is 1. The van der Waals surface area contributed by atoms with Crippen molar-refractivity contribution < 1.29 is 9.18 Å². The zero-order chi connectivity index (χ0) is 19.7. The van der Waals surface area contributed by atoms with Crippen molar-refractivity contribution in [1.82, 2.24) is 10.4 Å². The van der Waals surface area contributed by atoms with Crippen LogP contribution in [0.4, 0.5) is 10.1 Å². The molecule has 7 nitrogen and oxygen atoms in total. The highest BCUT2D eigenvalue weighted by Crippen LogP contribution is 2.23. The minimum atomic E-state index is -0.669. The highest BCUT2D eigenvalue weighted by molar-refractivity contribution is 6.42. The van der Waals surface area contributed by atoms with Crippen LogP contribution < -0.4 is 16.3 Å². The fourth-order valence-corrected chi connectivity index (χ4v) is 3.21. The van der Waals surface area contributed by atoms with Gasteiger partial charge in [-0.15, -0.1) is 0 Å². The molecule has 2 aromatic carbocycles. The Bertz CT molecular complexity index is 1090. The van der Waals surface area contributed by atoms with Crippen molar-refractivity contribution >= 4 is 34.0 Å². The van der Waals surface area contributed by atoms with Gasteiger partial charge in [-0.25, -0.2) is 9.40 Å². The van der Waals surface area contributed by atoms with E-state index in [2.05, 4.69) is 20.5 Å². The van der Waals surface area contributed by atoms with Crippen LogP contribution in [0, 0.1) is 5.82 Å². The summed E-state index contributed by atoms with van der Waals surface area (Å²) in [6.07, 6.45) is 2.30. The predicted octanol–water partition coefficient (Wildman–Crippen LogP) is 2.50. The molecule has 0 radical (unpaired) electrons. The summed E-state index contributed by atoms with van der Waals surface area (Å²) in [5.41, 5.74) is 5.88. The number of benzene rings is 2. The minimum absolute atomic E-state index is 0.245. The van der Waals surface area contributed by atoms with Crippen LogP contribution in [0.25, 0.3) is 10.9 Å². The Hall–Kier alpha value is -3.68. The maximum atomic E-state index is 13.3. The molecular formula is C20H19FN6O. The van der Waals surface area contributed by atoms with Gasteiger partial charge in [-0.1, -0.05) is 18.2 Å². The molecule has 1 aliphatic heterocycles. The van der Waals surface area contributed by atoms with Gasteiger partial charge < -0.3 is 10.8 Å². The molecule has 142 valence electrons. The second-order valence-electron chi connectivity index (χ2n) is 6.53. The lowest BCUT2D eigenvalue weighted by molar-refractivity contribution is -0.120. The van der Waals surface area contributed by atoms with Gasteiger partial charge in [-0.3, -0.25) is 15.2 Å². The first-order chi connectivity index (χ1) is 13.6. The first-order valence-corrected chi connectivity index (χ1v) is 8.80. The van der Waals surface area contributed by atoms with Crippen LogP contribution in [-0.4, -0.2) is 28.5 Å². The third kappa shape index (κ3) is 3.20. The van der Waals surface area contributed by atoms with Crippen molar-refractivity contribution in [2.45, 2.75) is 19.4 Å². The Morgan fingerprint density at radius 1 is 1.25 bits per heavy atom. The van der Waals surface area contributed by atoms with E-state index in [4.69, 9.17) is 5.84 Å². The van der Waals surface area contributed by atoms with Gasteiger partial charge in [0.1, 0.15) is 17.6 Å².